The van der Waals surface area contributed by atoms with Crippen molar-refractivity contribution in [3.63, 3.8) is 0 Å². The number of piperazine rings is 1. The van der Waals surface area contributed by atoms with Gasteiger partial charge >= 0.3 is 0 Å². The average Bonchev–Trinajstić information content (AvgIpc) is 3.68. The number of benzene rings is 1. The molecular weight excluding hydrogens is 585 g/mol. The minimum absolute atomic E-state index is 0.0248. The third-order valence-corrected chi connectivity index (χ3v) is 9.97. The van der Waals surface area contributed by atoms with Crippen molar-refractivity contribution in [2.75, 3.05) is 24.6 Å². The quantitative estimate of drug-likeness (QED) is 0.264. The third kappa shape index (κ3) is 4.82. The molecule has 2 aliphatic heterocycles. The van der Waals surface area contributed by atoms with E-state index in [4.69, 9.17) is 37.9 Å². The summed E-state index contributed by atoms with van der Waals surface area (Å²) in [6, 6.07) is 5.39. The molecule has 13 heteroatoms. The number of rotatable bonds is 6. The maximum absolute atomic E-state index is 14.1. The highest BCUT2D eigenvalue weighted by atomic mass is 35.5. The number of imidazole rings is 1. The van der Waals surface area contributed by atoms with E-state index in [0.717, 1.165) is 47.8 Å². The van der Waals surface area contributed by atoms with Crippen LogP contribution in [-0.4, -0.2) is 77.8 Å². The molecular formula is C29H34Cl2F2N8O. The SMILES string of the molecule is Cc1nc2c(N3C[C@@H](C)N(C(c4ccc(Cl)c(Cl)c4)C4CC(F)(F)C4)C[C@@H]3C)nc3nncn3c2n1C[C@@H]1CCCO1. The molecule has 0 N–H and O–H groups in total. The second-order valence-electron chi connectivity index (χ2n) is 12.2. The van der Waals surface area contributed by atoms with Gasteiger partial charge in [-0.1, -0.05) is 29.3 Å². The summed E-state index contributed by atoms with van der Waals surface area (Å²) in [5.74, 6) is -0.640. The van der Waals surface area contributed by atoms with Crippen LogP contribution >= 0.6 is 23.2 Å². The van der Waals surface area contributed by atoms with Crippen molar-refractivity contribution in [1.29, 1.82) is 0 Å². The van der Waals surface area contributed by atoms with Crippen LogP contribution in [0.1, 0.15) is 57.0 Å². The first-order chi connectivity index (χ1) is 20.1. The normalized spacial score (nSPS) is 25.9. The predicted octanol–water partition coefficient (Wildman–Crippen LogP) is 5.95. The Morgan fingerprint density at radius 2 is 1.90 bits per heavy atom. The molecule has 3 aromatic heterocycles. The first-order valence-corrected chi connectivity index (χ1v) is 15.4. The number of nitrogens with zero attached hydrogens (tertiary/aromatic N) is 8. The van der Waals surface area contributed by atoms with E-state index in [1.165, 1.54) is 0 Å². The van der Waals surface area contributed by atoms with Crippen molar-refractivity contribution in [3.8, 4) is 0 Å². The number of hydrogen-bond donors (Lipinski definition) is 0. The predicted molar refractivity (Wildman–Crippen MR) is 158 cm³/mol. The number of fused-ring (bicyclic) bond motifs is 3. The molecule has 1 unspecified atom stereocenters. The van der Waals surface area contributed by atoms with Crippen molar-refractivity contribution in [2.24, 2.45) is 5.92 Å². The Kier molecular flexibility index (Phi) is 7.07. The second-order valence-corrected chi connectivity index (χ2v) is 13.0. The zero-order chi connectivity index (χ0) is 29.3. The van der Waals surface area contributed by atoms with E-state index in [1.807, 2.05) is 23.5 Å². The van der Waals surface area contributed by atoms with E-state index < -0.39 is 5.92 Å². The van der Waals surface area contributed by atoms with E-state index in [-0.39, 0.29) is 43.0 Å². The lowest BCUT2D eigenvalue weighted by molar-refractivity contribution is -0.137. The van der Waals surface area contributed by atoms with Gasteiger partial charge in [0.05, 0.1) is 22.7 Å². The van der Waals surface area contributed by atoms with Gasteiger partial charge in [0.2, 0.25) is 5.92 Å². The Morgan fingerprint density at radius 1 is 1.10 bits per heavy atom. The Balaban J connectivity index is 1.24. The molecule has 42 heavy (non-hydrogen) atoms. The highest BCUT2D eigenvalue weighted by Gasteiger charge is 2.51. The minimum atomic E-state index is -2.63. The van der Waals surface area contributed by atoms with Gasteiger partial charge in [0.25, 0.3) is 5.78 Å². The van der Waals surface area contributed by atoms with Gasteiger partial charge in [-0.3, -0.25) is 4.90 Å². The van der Waals surface area contributed by atoms with Gasteiger partial charge in [-0.25, -0.2) is 18.2 Å². The van der Waals surface area contributed by atoms with Crippen LogP contribution in [-0.2, 0) is 11.3 Å². The number of hydrogen-bond acceptors (Lipinski definition) is 7. The van der Waals surface area contributed by atoms with Crippen molar-refractivity contribution < 1.29 is 13.5 Å². The van der Waals surface area contributed by atoms with E-state index >= 15 is 0 Å². The minimum Gasteiger partial charge on any atom is -0.376 e. The van der Waals surface area contributed by atoms with E-state index in [9.17, 15) is 8.78 Å². The second kappa shape index (κ2) is 10.5. The first kappa shape index (κ1) is 28.2. The fraction of sp³-hybridized carbons (Fsp3) is 0.586. The number of halogens is 4. The molecule has 0 bridgehead atoms. The Hall–Kier alpha value is -2.60. The van der Waals surface area contributed by atoms with Gasteiger partial charge in [-0.15, -0.1) is 10.2 Å². The van der Waals surface area contributed by atoms with Crippen molar-refractivity contribution >= 4 is 46.0 Å². The van der Waals surface area contributed by atoms with Gasteiger partial charge < -0.3 is 14.2 Å². The smallest absolute Gasteiger partial charge is 0.258 e. The molecule has 1 aromatic carbocycles. The van der Waals surface area contributed by atoms with E-state index in [1.54, 1.807) is 12.4 Å². The molecule has 3 fully saturated rings. The number of aromatic nitrogens is 6. The molecule has 0 amide bonds. The summed E-state index contributed by atoms with van der Waals surface area (Å²) in [7, 11) is 0. The summed E-state index contributed by atoms with van der Waals surface area (Å²) in [6.45, 7) is 9.10. The van der Waals surface area contributed by atoms with Crippen molar-refractivity contribution in [2.45, 2.75) is 83.2 Å². The Labute approximate surface area is 252 Å². The largest absolute Gasteiger partial charge is 0.376 e. The molecule has 9 nitrogen and oxygen atoms in total. The lowest BCUT2D eigenvalue weighted by Gasteiger charge is -2.52. The maximum Gasteiger partial charge on any atom is 0.258 e. The summed E-state index contributed by atoms with van der Waals surface area (Å²) in [6.07, 6.45) is 3.64. The lowest BCUT2D eigenvalue weighted by Crippen LogP contribution is -2.59. The topological polar surface area (TPSA) is 76.6 Å². The number of alkyl halides is 2. The number of aryl methyl sites for hydroxylation is 1. The van der Waals surface area contributed by atoms with Crippen LogP contribution in [0.3, 0.4) is 0 Å². The monoisotopic (exact) mass is 618 g/mol. The fourth-order valence-electron chi connectivity index (χ4n) is 7.16. The molecule has 0 radical (unpaired) electrons. The van der Waals surface area contributed by atoms with Crippen LogP contribution in [0.15, 0.2) is 24.5 Å². The van der Waals surface area contributed by atoms with Crippen LogP contribution < -0.4 is 4.90 Å². The molecule has 1 saturated carbocycles. The average molecular weight is 620 g/mol. The molecule has 7 rings (SSSR count). The van der Waals surface area contributed by atoms with Crippen LogP contribution in [0.2, 0.25) is 10.0 Å². The van der Waals surface area contributed by atoms with E-state index in [0.29, 0.717) is 35.5 Å². The van der Waals surface area contributed by atoms with Crippen LogP contribution in [0.25, 0.3) is 16.9 Å². The van der Waals surface area contributed by atoms with E-state index in [2.05, 4.69) is 38.4 Å². The van der Waals surface area contributed by atoms with Crippen LogP contribution in [0, 0.1) is 12.8 Å². The molecule has 3 aliphatic rings. The van der Waals surface area contributed by atoms with Crippen molar-refractivity contribution in [1.82, 2.24) is 34.0 Å². The molecule has 5 heterocycles. The molecule has 4 atom stereocenters. The molecule has 224 valence electrons. The molecule has 2 saturated heterocycles. The summed E-state index contributed by atoms with van der Waals surface area (Å²) in [5.41, 5.74) is 2.62. The van der Waals surface area contributed by atoms with Crippen LogP contribution in [0.4, 0.5) is 14.6 Å². The highest BCUT2D eigenvalue weighted by Crippen LogP contribution is 2.51. The maximum atomic E-state index is 14.1. The first-order valence-electron chi connectivity index (χ1n) is 14.6. The summed E-state index contributed by atoms with van der Waals surface area (Å²) < 4.78 is 38.3. The molecule has 4 aromatic rings. The van der Waals surface area contributed by atoms with Crippen molar-refractivity contribution in [3.05, 3.63) is 46.0 Å². The lowest BCUT2D eigenvalue weighted by atomic mass is 9.73. The summed E-state index contributed by atoms with van der Waals surface area (Å²) in [5, 5.41) is 9.35. The highest BCUT2D eigenvalue weighted by molar-refractivity contribution is 6.42. The van der Waals surface area contributed by atoms with Gasteiger partial charge in [-0.2, -0.15) is 4.98 Å². The number of anilines is 1. The van der Waals surface area contributed by atoms with Crippen LogP contribution in [0.5, 0.6) is 0 Å². The zero-order valence-electron chi connectivity index (χ0n) is 23.9. The summed E-state index contributed by atoms with van der Waals surface area (Å²) >= 11 is 12.6. The van der Waals surface area contributed by atoms with Gasteiger partial charge in [0.15, 0.2) is 11.5 Å². The van der Waals surface area contributed by atoms with Gasteiger partial charge in [0, 0.05) is 50.7 Å². The van der Waals surface area contributed by atoms with Gasteiger partial charge in [-0.05, 0) is 57.2 Å². The molecule has 0 spiro atoms. The standard InChI is InChI=1S/C29H34Cl2F2N8O/c1-16-13-39(17(2)12-38(16)25(20-10-29(32,33)11-20)19-6-7-22(30)23(31)9-19)26-24-27(41-15-34-37-28(41)36-26)40(18(3)35-24)14-21-5-4-8-42-21/h6-7,9,15-17,20-21,25H,4-5,8,10-14H2,1-3H3/t16-,17+,21+,25?/m1/s1. The Morgan fingerprint density at radius 3 is 2.62 bits per heavy atom. The Bertz CT molecular complexity index is 1630. The molecule has 1 aliphatic carbocycles. The van der Waals surface area contributed by atoms with Gasteiger partial charge in [0.1, 0.15) is 17.7 Å². The fourth-order valence-corrected chi connectivity index (χ4v) is 7.46. The summed E-state index contributed by atoms with van der Waals surface area (Å²) in [4.78, 5) is 14.6. The third-order valence-electron chi connectivity index (χ3n) is 9.23. The zero-order valence-corrected chi connectivity index (χ0v) is 25.4. The number of ether oxygens (including phenoxy) is 1.